The van der Waals surface area contributed by atoms with Gasteiger partial charge in [0.1, 0.15) is 5.75 Å². The van der Waals surface area contributed by atoms with Crippen molar-refractivity contribution in [1.29, 1.82) is 0 Å². The van der Waals surface area contributed by atoms with Crippen molar-refractivity contribution < 1.29 is 27.5 Å². The highest BCUT2D eigenvalue weighted by atomic mass is 32.2. The highest BCUT2D eigenvalue weighted by Gasteiger charge is 2.18. The fraction of sp³-hybridized carbons (Fsp3) is 0.222. The number of Topliss-reactive ketones (excluding diaryl/α,β-unsaturated/α-hetero) is 1. The summed E-state index contributed by atoms with van der Waals surface area (Å²) in [5.41, 5.74) is 0.336. The van der Waals surface area contributed by atoms with Crippen LogP contribution >= 0.6 is 0 Å². The highest BCUT2D eigenvalue weighted by molar-refractivity contribution is 7.89. The lowest BCUT2D eigenvalue weighted by molar-refractivity contribution is 0.0473. The van der Waals surface area contributed by atoms with Gasteiger partial charge in [0.25, 0.3) is 0 Å². The molecule has 0 aromatic heterocycles. The Bertz CT molecular complexity index is 907. The molecule has 0 unspecified atom stereocenters. The summed E-state index contributed by atoms with van der Waals surface area (Å²) in [6.45, 7) is 1.40. The molecule has 0 aliphatic carbocycles. The minimum atomic E-state index is -3.69. The van der Waals surface area contributed by atoms with Crippen molar-refractivity contribution in [3.63, 3.8) is 0 Å². The van der Waals surface area contributed by atoms with E-state index in [1.165, 1.54) is 31.4 Å². The van der Waals surface area contributed by atoms with E-state index < -0.39 is 28.4 Å². The number of sulfonamides is 1. The number of carbonyl (C=O) groups is 2. The van der Waals surface area contributed by atoms with Crippen LogP contribution in [0, 0.1) is 0 Å². The van der Waals surface area contributed by atoms with Crippen LogP contribution in [0.2, 0.25) is 0 Å². The van der Waals surface area contributed by atoms with Gasteiger partial charge in [-0.25, -0.2) is 17.9 Å². The molecule has 0 atom stereocenters. The predicted octanol–water partition coefficient (Wildman–Crippen LogP) is 2.03. The molecular formula is C18H19NO6S. The zero-order valence-corrected chi connectivity index (χ0v) is 15.2. The Kier molecular flexibility index (Phi) is 6.48. The first-order chi connectivity index (χ1) is 12.4. The summed E-state index contributed by atoms with van der Waals surface area (Å²) in [6, 6.07) is 12.0. The second kappa shape index (κ2) is 8.59. The smallest absolute Gasteiger partial charge is 0.338 e. The van der Waals surface area contributed by atoms with E-state index in [1.807, 2.05) is 0 Å². The lowest BCUT2D eigenvalue weighted by Crippen LogP contribution is -2.23. The molecule has 0 aliphatic rings. The zero-order chi connectivity index (χ0) is 19.2. The third-order valence-corrected chi connectivity index (χ3v) is 5.00. The van der Waals surface area contributed by atoms with Gasteiger partial charge in [-0.3, -0.25) is 4.79 Å². The monoisotopic (exact) mass is 377 g/mol. The van der Waals surface area contributed by atoms with Crippen molar-refractivity contribution in [2.75, 3.05) is 20.3 Å². The molecule has 2 aromatic rings. The molecule has 0 radical (unpaired) electrons. The van der Waals surface area contributed by atoms with Crippen LogP contribution in [-0.2, 0) is 14.8 Å². The molecule has 0 aliphatic heterocycles. The number of rotatable bonds is 8. The minimum absolute atomic E-state index is 0.0387. The molecular weight excluding hydrogens is 358 g/mol. The Labute approximate surface area is 152 Å². The SMILES string of the molecule is CCNS(=O)(=O)c1cccc(C(=O)OCC(=O)c2ccccc2OC)c1. The molecule has 1 N–H and O–H groups in total. The minimum Gasteiger partial charge on any atom is -0.496 e. The van der Waals surface area contributed by atoms with Gasteiger partial charge < -0.3 is 9.47 Å². The Morgan fingerprint density at radius 1 is 1.08 bits per heavy atom. The van der Waals surface area contributed by atoms with Gasteiger partial charge in [0, 0.05) is 6.54 Å². The molecule has 0 heterocycles. The molecule has 26 heavy (non-hydrogen) atoms. The molecule has 0 saturated heterocycles. The van der Waals surface area contributed by atoms with Crippen molar-refractivity contribution in [2.45, 2.75) is 11.8 Å². The molecule has 8 heteroatoms. The Morgan fingerprint density at radius 2 is 1.81 bits per heavy atom. The number of esters is 1. The van der Waals surface area contributed by atoms with E-state index in [0.29, 0.717) is 11.3 Å². The van der Waals surface area contributed by atoms with E-state index in [9.17, 15) is 18.0 Å². The molecule has 0 bridgehead atoms. The summed E-state index contributed by atoms with van der Waals surface area (Å²) in [5.74, 6) is -0.832. The first-order valence-corrected chi connectivity index (χ1v) is 9.30. The van der Waals surface area contributed by atoms with Crippen LogP contribution < -0.4 is 9.46 Å². The topological polar surface area (TPSA) is 98.8 Å². The van der Waals surface area contributed by atoms with Crippen LogP contribution in [0.15, 0.2) is 53.4 Å². The van der Waals surface area contributed by atoms with E-state index >= 15 is 0 Å². The summed E-state index contributed by atoms with van der Waals surface area (Å²) in [6.07, 6.45) is 0. The van der Waals surface area contributed by atoms with E-state index in [0.717, 1.165) is 0 Å². The third kappa shape index (κ3) is 4.68. The number of benzene rings is 2. The second-order valence-electron chi connectivity index (χ2n) is 5.23. The summed E-state index contributed by atoms with van der Waals surface area (Å²) < 4.78 is 36.4. The van der Waals surface area contributed by atoms with Crippen LogP contribution in [0.25, 0.3) is 0 Å². The average Bonchev–Trinajstić information content (AvgIpc) is 2.65. The molecule has 7 nitrogen and oxygen atoms in total. The number of hydrogen-bond donors (Lipinski definition) is 1. The maximum atomic E-state index is 12.2. The van der Waals surface area contributed by atoms with E-state index in [1.54, 1.807) is 31.2 Å². The average molecular weight is 377 g/mol. The Hall–Kier alpha value is -2.71. The van der Waals surface area contributed by atoms with Gasteiger partial charge in [0.2, 0.25) is 15.8 Å². The van der Waals surface area contributed by atoms with Crippen LogP contribution in [0.1, 0.15) is 27.6 Å². The largest absolute Gasteiger partial charge is 0.496 e. The van der Waals surface area contributed by atoms with Crippen LogP contribution in [0.3, 0.4) is 0 Å². The maximum absolute atomic E-state index is 12.2. The van der Waals surface area contributed by atoms with Gasteiger partial charge in [-0.2, -0.15) is 0 Å². The molecule has 0 saturated carbocycles. The van der Waals surface area contributed by atoms with Crippen LogP contribution in [0.4, 0.5) is 0 Å². The number of carbonyl (C=O) groups excluding carboxylic acids is 2. The number of methoxy groups -OCH3 is 1. The van der Waals surface area contributed by atoms with E-state index in [-0.39, 0.29) is 17.0 Å². The normalized spacial score (nSPS) is 11.0. The number of ether oxygens (including phenoxy) is 2. The summed E-state index contributed by atoms with van der Waals surface area (Å²) >= 11 is 0. The van der Waals surface area contributed by atoms with Crippen molar-refractivity contribution in [2.24, 2.45) is 0 Å². The molecule has 2 rings (SSSR count). The van der Waals surface area contributed by atoms with Crippen molar-refractivity contribution in [3.05, 3.63) is 59.7 Å². The highest BCUT2D eigenvalue weighted by Crippen LogP contribution is 2.18. The quantitative estimate of drug-likeness (QED) is 0.558. The number of nitrogens with one attached hydrogen (secondary N) is 1. The standard InChI is InChI=1S/C18H19NO6S/c1-3-19-26(22,23)14-8-6-7-13(11-14)18(21)25-12-16(20)15-9-4-5-10-17(15)24-2/h4-11,19H,3,12H2,1-2H3. The molecule has 2 aromatic carbocycles. The van der Waals surface area contributed by atoms with Gasteiger partial charge in [0.05, 0.1) is 23.1 Å². The summed E-state index contributed by atoms with van der Waals surface area (Å²) in [4.78, 5) is 24.3. The fourth-order valence-electron chi connectivity index (χ4n) is 2.23. The summed E-state index contributed by atoms with van der Waals surface area (Å²) in [5, 5.41) is 0. The first kappa shape index (κ1) is 19.6. The fourth-order valence-corrected chi connectivity index (χ4v) is 3.32. The van der Waals surface area contributed by atoms with Gasteiger partial charge in [-0.15, -0.1) is 0 Å². The number of para-hydroxylation sites is 1. The van der Waals surface area contributed by atoms with E-state index in [4.69, 9.17) is 9.47 Å². The van der Waals surface area contributed by atoms with Crippen LogP contribution in [0.5, 0.6) is 5.75 Å². The lowest BCUT2D eigenvalue weighted by atomic mass is 10.1. The zero-order valence-electron chi connectivity index (χ0n) is 14.4. The number of hydrogen-bond acceptors (Lipinski definition) is 6. The predicted molar refractivity (Wildman–Crippen MR) is 94.9 cm³/mol. The number of ketones is 1. The second-order valence-corrected chi connectivity index (χ2v) is 7.00. The first-order valence-electron chi connectivity index (χ1n) is 7.82. The molecule has 0 fully saturated rings. The van der Waals surface area contributed by atoms with Crippen molar-refractivity contribution in [3.8, 4) is 5.75 Å². The Morgan fingerprint density at radius 3 is 2.50 bits per heavy atom. The molecule has 138 valence electrons. The van der Waals surface area contributed by atoms with Gasteiger partial charge in [-0.05, 0) is 30.3 Å². The maximum Gasteiger partial charge on any atom is 0.338 e. The molecule has 0 spiro atoms. The van der Waals surface area contributed by atoms with Crippen molar-refractivity contribution in [1.82, 2.24) is 4.72 Å². The third-order valence-electron chi connectivity index (χ3n) is 3.46. The van der Waals surface area contributed by atoms with Crippen LogP contribution in [-0.4, -0.2) is 40.4 Å². The molecule has 0 amide bonds. The lowest BCUT2D eigenvalue weighted by Gasteiger charge is -2.09. The van der Waals surface area contributed by atoms with Crippen molar-refractivity contribution >= 4 is 21.8 Å². The van der Waals surface area contributed by atoms with E-state index in [2.05, 4.69) is 4.72 Å². The van der Waals surface area contributed by atoms with Gasteiger partial charge in [0.15, 0.2) is 6.61 Å². The van der Waals surface area contributed by atoms with Gasteiger partial charge in [-0.1, -0.05) is 25.1 Å². The Balaban J connectivity index is 2.10. The van der Waals surface area contributed by atoms with Gasteiger partial charge >= 0.3 is 5.97 Å². The summed E-state index contributed by atoms with van der Waals surface area (Å²) in [7, 11) is -2.25.